The Morgan fingerprint density at radius 3 is 2.90 bits per heavy atom. The molecule has 5 heteroatoms. The Morgan fingerprint density at radius 2 is 2.24 bits per heavy atom. The van der Waals surface area contributed by atoms with E-state index < -0.39 is 0 Å². The quantitative estimate of drug-likeness (QED) is 0.827. The largest absolute Gasteiger partial charge is 0.462 e. The van der Waals surface area contributed by atoms with E-state index in [-0.39, 0.29) is 12.0 Å². The Morgan fingerprint density at radius 1 is 1.43 bits per heavy atom. The molecule has 0 saturated heterocycles. The van der Waals surface area contributed by atoms with Gasteiger partial charge >= 0.3 is 5.97 Å². The first-order valence-corrected chi connectivity index (χ1v) is 7.85. The van der Waals surface area contributed by atoms with Gasteiger partial charge in [-0.3, -0.25) is 0 Å². The second kappa shape index (κ2) is 7.22. The smallest absolute Gasteiger partial charge is 0.341 e. The van der Waals surface area contributed by atoms with Gasteiger partial charge in [0.05, 0.1) is 6.61 Å². The maximum absolute atomic E-state index is 11.9. The van der Waals surface area contributed by atoms with Crippen LogP contribution in [0.25, 0.3) is 0 Å². The van der Waals surface area contributed by atoms with Crippen LogP contribution < -0.4 is 5.32 Å². The van der Waals surface area contributed by atoms with Crippen molar-refractivity contribution in [2.24, 2.45) is 0 Å². The monoisotopic (exact) mass is 304 g/mol. The van der Waals surface area contributed by atoms with E-state index in [1.165, 1.54) is 9.75 Å². The maximum Gasteiger partial charge on any atom is 0.341 e. The molecule has 0 saturated carbocycles. The van der Waals surface area contributed by atoms with E-state index in [1.807, 2.05) is 0 Å². The van der Waals surface area contributed by atoms with Crippen molar-refractivity contribution in [1.82, 2.24) is 4.98 Å². The SMILES string of the molecule is CCOC(=O)c1cccnc1NC(C)Cc1ccc(C)s1. The number of esters is 1. The van der Waals surface area contributed by atoms with Crippen LogP contribution in [0.5, 0.6) is 0 Å². The van der Waals surface area contributed by atoms with Crippen molar-refractivity contribution in [3.05, 3.63) is 45.8 Å². The van der Waals surface area contributed by atoms with Crippen molar-refractivity contribution in [3.8, 4) is 0 Å². The maximum atomic E-state index is 11.9. The molecule has 0 bridgehead atoms. The van der Waals surface area contributed by atoms with Gasteiger partial charge in [-0.15, -0.1) is 11.3 Å². The van der Waals surface area contributed by atoms with E-state index in [0.717, 1.165) is 6.42 Å². The molecule has 2 rings (SSSR count). The van der Waals surface area contributed by atoms with E-state index in [9.17, 15) is 4.79 Å². The average Bonchev–Trinajstić information content (AvgIpc) is 2.84. The second-order valence-corrected chi connectivity index (χ2v) is 6.25. The van der Waals surface area contributed by atoms with Gasteiger partial charge in [0.15, 0.2) is 0 Å². The number of pyridine rings is 1. The van der Waals surface area contributed by atoms with Crippen LogP contribution >= 0.6 is 11.3 Å². The fourth-order valence-electron chi connectivity index (χ4n) is 2.07. The number of aryl methyl sites for hydroxylation is 1. The molecule has 0 aliphatic carbocycles. The summed E-state index contributed by atoms with van der Waals surface area (Å²) in [4.78, 5) is 18.8. The van der Waals surface area contributed by atoms with Gasteiger partial charge in [0.25, 0.3) is 0 Å². The van der Waals surface area contributed by atoms with Gasteiger partial charge in [0.2, 0.25) is 0 Å². The topological polar surface area (TPSA) is 51.2 Å². The lowest BCUT2D eigenvalue weighted by molar-refractivity contribution is 0.0527. The summed E-state index contributed by atoms with van der Waals surface area (Å²) in [5, 5.41) is 3.30. The molecule has 1 N–H and O–H groups in total. The lowest BCUT2D eigenvalue weighted by Gasteiger charge is -2.15. The number of nitrogens with zero attached hydrogens (tertiary/aromatic N) is 1. The molecule has 2 heterocycles. The first kappa shape index (κ1) is 15.5. The number of hydrogen-bond acceptors (Lipinski definition) is 5. The van der Waals surface area contributed by atoms with E-state index >= 15 is 0 Å². The number of nitrogens with one attached hydrogen (secondary N) is 1. The molecule has 0 fully saturated rings. The molecule has 2 aromatic rings. The third-order valence-corrected chi connectivity index (χ3v) is 4.01. The number of ether oxygens (including phenoxy) is 1. The Kier molecular flexibility index (Phi) is 5.33. The molecule has 1 atom stereocenters. The lowest BCUT2D eigenvalue weighted by Crippen LogP contribution is -2.21. The number of thiophene rings is 1. The van der Waals surface area contributed by atoms with Crippen LogP contribution in [0.15, 0.2) is 30.5 Å². The molecule has 4 nitrogen and oxygen atoms in total. The lowest BCUT2D eigenvalue weighted by atomic mass is 10.2. The summed E-state index contributed by atoms with van der Waals surface area (Å²) in [6, 6.07) is 7.92. The number of carbonyl (C=O) groups is 1. The van der Waals surface area contributed by atoms with Gasteiger partial charge in [0, 0.05) is 28.4 Å². The predicted molar refractivity (Wildman–Crippen MR) is 86.0 cm³/mol. The first-order chi connectivity index (χ1) is 10.1. The minimum absolute atomic E-state index is 0.186. The normalized spacial score (nSPS) is 12.0. The van der Waals surface area contributed by atoms with Crippen LogP contribution in [-0.2, 0) is 11.2 Å². The van der Waals surface area contributed by atoms with Gasteiger partial charge in [-0.2, -0.15) is 0 Å². The molecule has 0 aliphatic rings. The molecule has 2 aromatic heterocycles. The number of aromatic nitrogens is 1. The average molecular weight is 304 g/mol. The standard InChI is InChI=1S/C16H20N2O2S/c1-4-20-16(19)14-6-5-9-17-15(14)18-11(2)10-13-8-7-12(3)21-13/h5-9,11H,4,10H2,1-3H3,(H,17,18). The van der Waals surface area contributed by atoms with E-state index in [4.69, 9.17) is 4.74 Å². The van der Waals surface area contributed by atoms with Crippen molar-refractivity contribution < 1.29 is 9.53 Å². The summed E-state index contributed by atoms with van der Waals surface area (Å²) in [5.41, 5.74) is 0.480. The highest BCUT2D eigenvalue weighted by molar-refractivity contribution is 7.11. The van der Waals surface area contributed by atoms with Gasteiger partial charge in [0.1, 0.15) is 11.4 Å². The van der Waals surface area contributed by atoms with E-state index in [0.29, 0.717) is 18.0 Å². The molecule has 21 heavy (non-hydrogen) atoms. The third-order valence-electron chi connectivity index (χ3n) is 2.99. The van der Waals surface area contributed by atoms with Crippen molar-refractivity contribution in [3.63, 3.8) is 0 Å². The summed E-state index contributed by atoms with van der Waals surface area (Å²) in [6.45, 7) is 6.34. The molecule has 0 radical (unpaired) electrons. The third kappa shape index (κ3) is 4.29. The molecule has 0 aliphatic heterocycles. The Bertz CT molecular complexity index is 610. The Labute approximate surface area is 129 Å². The molecule has 112 valence electrons. The molecule has 0 spiro atoms. The molecular weight excluding hydrogens is 284 g/mol. The van der Waals surface area contributed by atoms with Gasteiger partial charge in [-0.25, -0.2) is 9.78 Å². The molecule has 0 amide bonds. The number of hydrogen-bond donors (Lipinski definition) is 1. The fourth-order valence-corrected chi connectivity index (χ4v) is 3.09. The zero-order chi connectivity index (χ0) is 15.2. The predicted octanol–water partition coefficient (Wildman–Crippen LogP) is 3.67. The highest BCUT2D eigenvalue weighted by Crippen LogP contribution is 2.19. The highest BCUT2D eigenvalue weighted by atomic mass is 32.1. The zero-order valence-electron chi connectivity index (χ0n) is 12.6. The van der Waals surface area contributed by atoms with Crippen LogP contribution in [0.3, 0.4) is 0 Å². The Balaban J connectivity index is 2.06. The van der Waals surface area contributed by atoms with E-state index in [1.54, 1.807) is 36.6 Å². The van der Waals surface area contributed by atoms with Crippen LogP contribution in [0.4, 0.5) is 5.82 Å². The Hall–Kier alpha value is -1.88. The first-order valence-electron chi connectivity index (χ1n) is 7.04. The van der Waals surface area contributed by atoms with Gasteiger partial charge in [-0.1, -0.05) is 0 Å². The molecule has 1 unspecified atom stereocenters. The summed E-state index contributed by atoms with van der Waals surface area (Å²) in [7, 11) is 0. The fraction of sp³-hybridized carbons (Fsp3) is 0.375. The molecular formula is C16H20N2O2S. The second-order valence-electron chi connectivity index (χ2n) is 4.88. The summed E-state index contributed by atoms with van der Waals surface area (Å²) < 4.78 is 5.05. The highest BCUT2D eigenvalue weighted by Gasteiger charge is 2.15. The summed E-state index contributed by atoms with van der Waals surface area (Å²) in [6.07, 6.45) is 2.57. The number of carbonyl (C=O) groups excluding carboxylic acids is 1. The van der Waals surface area contributed by atoms with Crippen LogP contribution in [-0.4, -0.2) is 23.6 Å². The van der Waals surface area contributed by atoms with Crippen molar-refractivity contribution >= 4 is 23.1 Å². The van der Waals surface area contributed by atoms with Crippen molar-refractivity contribution in [1.29, 1.82) is 0 Å². The minimum atomic E-state index is -0.340. The summed E-state index contributed by atoms with van der Waals surface area (Å²) >= 11 is 1.79. The van der Waals surface area contributed by atoms with Crippen molar-refractivity contribution in [2.45, 2.75) is 33.2 Å². The number of rotatable bonds is 6. The number of anilines is 1. The van der Waals surface area contributed by atoms with Gasteiger partial charge < -0.3 is 10.1 Å². The van der Waals surface area contributed by atoms with Crippen LogP contribution in [0, 0.1) is 6.92 Å². The van der Waals surface area contributed by atoms with E-state index in [2.05, 4.69) is 36.3 Å². The zero-order valence-corrected chi connectivity index (χ0v) is 13.4. The van der Waals surface area contributed by atoms with Crippen LogP contribution in [0.1, 0.15) is 34.0 Å². The van der Waals surface area contributed by atoms with Crippen molar-refractivity contribution in [2.75, 3.05) is 11.9 Å². The minimum Gasteiger partial charge on any atom is -0.462 e. The molecule has 0 aromatic carbocycles. The van der Waals surface area contributed by atoms with Gasteiger partial charge in [-0.05, 0) is 45.0 Å². The summed E-state index contributed by atoms with van der Waals surface area (Å²) in [5.74, 6) is 0.240. The van der Waals surface area contributed by atoms with Crippen LogP contribution in [0.2, 0.25) is 0 Å².